The fourth-order valence-electron chi connectivity index (χ4n) is 2.06. The van der Waals surface area contributed by atoms with Gasteiger partial charge in [-0.2, -0.15) is 0 Å². The first-order valence-corrected chi connectivity index (χ1v) is 5.45. The van der Waals surface area contributed by atoms with Crippen LogP contribution < -0.4 is 0 Å². The number of amides is 1. The Labute approximate surface area is 95.9 Å². The van der Waals surface area contributed by atoms with Crippen molar-refractivity contribution < 1.29 is 4.79 Å². The average Bonchev–Trinajstić information content (AvgIpc) is 2.26. The van der Waals surface area contributed by atoms with Crippen molar-refractivity contribution in [2.24, 2.45) is 0 Å². The van der Waals surface area contributed by atoms with Crippen LogP contribution in [0.3, 0.4) is 0 Å². The maximum atomic E-state index is 12.0. The highest BCUT2D eigenvalue weighted by Gasteiger charge is 2.20. The van der Waals surface area contributed by atoms with Crippen molar-refractivity contribution in [2.45, 2.75) is 13.0 Å². The second-order valence-electron chi connectivity index (χ2n) is 4.51. The minimum Gasteiger partial charge on any atom is -0.345 e. The highest BCUT2D eigenvalue weighted by molar-refractivity contribution is 5.95. The molecule has 0 radical (unpaired) electrons. The van der Waals surface area contributed by atoms with E-state index in [9.17, 15) is 4.79 Å². The Balaban J connectivity index is 2.41. The fourth-order valence-corrected chi connectivity index (χ4v) is 2.06. The molecule has 0 saturated heterocycles. The minimum absolute atomic E-state index is 0.0499. The number of hydrogen-bond acceptors (Lipinski definition) is 3. The third kappa shape index (κ3) is 1.93. The van der Waals surface area contributed by atoms with Gasteiger partial charge in [-0.05, 0) is 24.6 Å². The van der Waals surface area contributed by atoms with Crippen LogP contribution in [0.4, 0.5) is 0 Å². The molecule has 0 aliphatic carbocycles. The molecule has 0 spiro atoms. The molecule has 0 atom stereocenters. The van der Waals surface area contributed by atoms with Gasteiger partial charge in [0.15, 0.2) is 0 Å². The minimum atomic E-state index is 0.0499. The Kier molecular flexibility index (Phi) is 2.92. The molecule has 0 N–H and O–H groups in total. The Hall–Kier alpha value is -1.42. The summed E-state index contributed by atoms with van der Waals surface area (Å²) in [4.78, 5) is 20.0. The second-order valence-corrected chi connectivity index (χ2v) is 4.51. The van der Waals surface area contributed by atoms with Gasteiger partial charge in [-0.25, -0.2) is 0 Å². The first-order chi connectivity index (χ1) is 7.59. The van der Waals surface area contributed by atoms with E-state index >= 15 is 0 Å². The van der Waals surface area contributed by atoms with Gasteiger partial charge < -0.3 is 9.80 Å². The lowest BCUT2D eigenvalue weighted by atomic mass is 9.97. The third-order valence-electron chi connectivity index (χ3n) is 2.97. The van der Waals surface area contributed by atoms with Gasteiger partial charge in [0, 0.05) is 39.6 Å². The smallest absolute Gasteiger partial charge is 0.255 e. The predicted octanol–water partition coefficient (Wildman–Crippen LogP) is 0.771. The van der Waals surface area contributed by atoms with E-state index in [0.29, 0.717) is 0 Å². The van der Waals surface area contributed by atoms with Crippen molar-refractivity contribution in [1.82, 2.24) is 14.8 Å². The zero-order valence-electron chi connectivity index (χ0n) is 10.0. The SMILES string of the molecule is CN1CCc2c(cncc2C(=O)N(C)C)C1. The first kappa shape index (κ1) is 11.1. The van der Waals surface area contributed by atoms with E-state index in [1.54, 1.807) is 25.2 Å². The van der Waals surface area contributed by atoms with Gasteiger partial charge in [-0.1, -0.05) is 0 Å². The summed E-state index contributed by atoms with van der Waals surface area (Å²) in [6.45, 7) is 1.89. The number of carbonyl (C=O) groups is 1. The quantitative estimate of drug-likeness (QED) is 0.700. The number of pyridine rings is 1. The Morgan fingerprint density at radius 3 is 2.88 bits per heavy atom. The summed E-state index contributed by atoms with van der Waals surface area (Å²) in [5.74, 6) is 0.0499. The van der Waals surface area contributed by atoms with Gasteiger partial charge in [0.05, 0.1) is 5.56 Å². The number of rotatable bonds is 1. The van der Waals surface area contributed by atoms with Crippen LogP contribution >= 0.6 is 0 Å². The lowest BCUT2D eigenvalue weighted by Crippen LogP contribution is -2.30. The molecule has 4 heteroatoms. The monoisotopic (exact) mass is 219 g/mol. The molecule has 16 heavy (non-hydrogen) atoms. The topological polar surface area (TPSA) is 36.4 Å². The Morgan fingerprint density at radius 2 is 2.19 bits per heavy atom. The highest BCUT2D eigenvalue weighted by Crippen LogP contribution is 2.21. The van der Waals surface area contributed by atoms with E-state index in [4.69, 9.17) is 0 Å². The first-order valence-electron chi connectivity index (χ1n) is 5.45. The number of fused-ring (bicyclic) bond motifs is 1. The molecular formula is C12H17N3O. The van der Waals surface area contributed by atoms with Gasteiger partial charge in [0.1, 0.15) is 0 Å². The molecular weight excluding hydrogens is 202 g/mol. The van der Waals surface area contributed by atoms with E-state index in [1.807, 2.05) is 6.20 Å². The van der Waals surface area contributed by atoms with Crippen LogP contribution in [0.15, 0.2) is 12.4 Å². The summed E-state index contributed by atoms with van der Waals surface area (Å²) in [5.41, 5.74) is 3.11. The van der Waals surface area contributed by atoms with Crippen LogP contribution in [0, 0.1) is 0 Å². The molecule has 1 aliphatic heterocycles. The van der Waals surface area contributed by atoms with Gasteiger partial charge in [0.25, 0.3) is 5.91 Å². The van der Waals surface area contributed by atoms with Crippen molar-refractivity contribution >= 4 is 5.91 Å². The van der Waals surface area contributed by atoms with E-state index in [1.165, 1.54) is 11.1 Å². The molecule has 1 aromatic heterocycles. The predicted molar refractivity (Wildman–Crippen MR) is 62.3 cm³/mol. The molecule has 2 heterocycles. The lowest BCUT2D eigenvalue weighted by Gasteiger charge is -2.26. The summed E-state index contributed by atoms with van der Waals surface area (Å²) in [7, 11) is 5.64. The van der Waals surface area contributed by atoms with Gasteiger partial charge in [-0.15, -0.1) is 0 Å². The summed E-state index contributed by atoms with van der Waals surface area (Å²) in [6, 6.07) is 0. The molecule has 2 rings (SSSR count). The molecule has 1 aromatic rings. The maximum Gasteiger partial charge on any atom is 0.255 e. The molecule has 0 aromatic carbocycles. The van der Waals surface area contributed by atoms with E-state index in [-0.39, 0.29) is 5.91 Å². The van der Waals surface area contributed by atoms with E-state index in [2.05, 4.69) is 16.9 Å². The molecule has 4 nitrogen and oxygen atoms in total. The summed E-state index contributed by atoms with van der Waals surface area (Å²) < 4.78 is 0. The summed E-state index contributed by atoms with van der Waals surface area (Å²) in [6.07, 6.45) is 4.49. The number of likely N-dealkylation sites (N-methyl/N-ethyl adjacent to an activating group) is 1. The van der Waals surface area contributed by atoms with Crippen molar-refractivity contribution in [3.05, 3.63) is 29.1 Å². The van der Waals surface area contributed by atoms with Crippen LogP contribution in [0.2, 0.25) is 0 Å². The molecule has 86 valence electrons. The lowest BCUT2D eigenvalue weighted by molar-refractivity contribution is 0.0825. The number of hydrogen-bond donors (Lipinski definition) is 0. The largest absolute Gasteiger partial charge is 0.345 e. The second kappa shape index (κ2) is 4.22. The molecule has 1 amide bonds. The van der Waals surface area contributed by atoms with Gasteiger partial charge in [0.2, 0.25) is 0 Å². The normalized spacial score (nSPS) is 15.7. The van der Waals surface area contributed by atoms with Gasteiger partial charge in [-0.3, -0.25) is 9.78 Å². The molecule has 1 aliphatic rings. The van der Waals surface area contributed by atoms with E-state index in [0.717, 1.165) is 25.1 Å². The van der Waals surface area contributed by atoms with Crippen molar-refractivity contribution in [3.63, 3.8) is 0 Å². The van der Waals surface area contributed by atoms with Crippen molar-refractivity contribution in [3.8, 4) is 0 Å². The summed E-state index contributed by atoms with van der Waals surface area (Å²) in [5, 5.41) is 0. The van der Waals surface area contributed by atoms with Crippen molar-refractivity contribution in [1.29, 1.82) is 0 Å². The van der Waals surface area contributed by atoms with Gasteiger partial charge >= 0.3 is 0 Å². The molecule has 0 saturated carbocycles. The fraction of sp³-hybridized carbons (Fsp3) is 0.500. The van der Waals surface area contributed by atoms with Crippen LogP contribution in [0.5, 0.6) is 0 Å². The Morgan fingerprint density at radius 1 is 1.44 bits per heavy atom. The van der Waals surface area contributed by atoms with Crippen LogP contribution in [0.25, 0.3) is 0 Å². The number of aromatic nitrogens is 1. The summed E-state index contributed by atoms with van der Waals surface area (Å²) >= 11 is 0. The highest BCUT2D eigenvalue weighted by atomic mass is 16.2. The standard InChI is InChI=1S/C12H17N3O/c1-14(2)12(16)11-7-13-6-9-8-15(3)5-4-10(9)11/h6-7H,4-5,8H2,1-3H3. The Bertz CT molecular complexity index is 415. The number of nitrogens with zero attached hydrogens (tertiary/aromatic N) is 3. The molecule has 0 bridgehead atoms. The molecule has 0 fully saturated rings. The van der Waals surface area contributed by atoms with Crippen LogP contribution in [0.1, 0.15) is 21.5 Å². The molecule has 0 unspecified atom stereocenters. The number of carbonyl (C=O) groups excluding carboxylic acids is 1. The maximum absolute atomic E-state index is 12.0. The zero-order chi connectivity index (χ0) is 11.7. The van der Waals surface area contributed by atoms with Crippen molar-refractivity contribution in [2.75, 3.05) is 27.7 Å². The van der Waals surface area contributed by atoms with Crippen LogP contribution in [-0.4, -0.2) is 48.4 Å². The van der Waals surface area contributed by atoms with E-state index < -0.39 is 0 Å². The average molecular weight is 219 g/mol. The third-order valence-corrected chi connectivity index (χ3v) is 2.97. The van der Waals surface area contributed by atoms with Crippen LogP contribution in [-0.2, 0) is 13.0 Å². The zero-order valence-corrected chi connectivity index (χ0v) is 10.0.